The summed E-state index contributed by atoms with van der Waals surface area (Å²) in [5.41, 5.74) is 4.38. The van der Waals surface area contributed by atoms with Gasteiger partial charge in [-0.1, -0.05) is 37.3 Å². The van der Waals surface area contributed by atoms with Crippen LogP contribution in [0.1, 0.15) is 25.8 Å². The third kappa shape index (κ3) is 3.01. The van der Waals surface area contributed by atoms with Crippen molar-refractivity contribution in [2.24, 2.45) is 5.10 Å². The van der Waals surface area contributed by atoms with Crippen LogP contribution in [-0.2, 0) is 4.79 Å². The molecular formula is C11H14N2O. The highest BCUT2D eigenvalue weighted by Gasteiger charge is 1.99. The maximum atomic E-state index is 10.7. The Morgan fingerprint density at radius 3 is 2.50 bits per heavy atom. The van der Waals surface area contributed by atoms with Gasteiger partial charge < -0.3 is 0 Å². The van der Waals surface area contributed by atoms with Crippen LogP contribution in [0.2, 0.25) is 0 Å². The Morgan fingerprint density at radius 1 is 1.36 bits per heavy atom. The lowest BCUT2D eigenvalue weighted by Gasteiger charge is -2.03. The number of carbonyl (C=O) groups is 1. The van der Waals surface area contributed by atoms with E-state index in [2.05, 4.69) is 10.5 Å². The zero-order chi connectivity index (χ0) is 10.4. The Balaban J connectivity index is 2.82. The van der Waals surface area contributed by atoms with Gasteiger partial charge in [0.2, 0.25) is 5.91 Å². The van der Waals surface area contributed by atoms with Crippen LogP contribution in [-0.4, -0.2) is 11.6 Å². The third-order valence-corrected chi connectivity index (χ3v) is 1.79. The van der Waals surface area contributed by atoms with Crippen molar-refractivity contribution in [3.8, 4) is 0 Å². The van der Waals surface area contributed by atoms with Crippen LogP contribution in [0.4, 0.5) is 0 Å². The van der Waals surface area contributed by atoms with Gasteiger partial charge in [0.05, 0.1) is 5.71 Å². The van der Waals surface area contributed by atoms with E-state index in [9.17, 15) is 4.79 Å². The summed E-state index contributed by atoms with van der Waals surface area (Å²) < 4.78 is 0. The second-order valence-electron chi connectivity index (χ2n) is 2.95. The number of hydrazone groups is 1. The average molecular weight is 190 g/mol. The van der Waals surface area contributed by atoms with Crippen molar-refractivity contribution in [2.75, 3.05) is 0 Å². The van der Waals surface area contributed by atoms with Gasteiger partial charge in [-0.2, -0.15) is 5.10 Å². The van der Waals surface area contributed by atoms with Gasteiger partial charge in [-0.15, -0.1) is 0 Å². The Hall–Kier alpha value is -1.64. The number of carbonyl (C=O) groups excluding carboxylic acids is 1. The molecule has 1 N–H and O–H groups in total. The van der Waals surface area contributed by atoms with Crippen molar-refractivity contribution < 1.29 is 4.79 Å². The van der Waals surface area contributed by atoms with Crippen LogP contribution in [0.25, 0.3) is 0 Å². The SMILES string of the molecule is CCC(=NNC(C)=O)c1ccccc1. The zero-order valence-electron chi connectivity index (χ0n) is 8.45. The van der Waals surface area contributed by atoms with Crippen molar-refractivity contribution >= 4 is 11.6 Å². The molecule has 1 aromatic rings. The normalized spacial score (nSPS) is 11.1. The molecule has 0 fully saturated rings. The molecule has 3 heteroatoms. The van der Waals surface area contributed by atoms with Crippen LogP contribution in [0.15, 0.2) is 35.4 Å². The van der Waals surface area contributed by atoms with Crippen molar-refractivity contribution in [3.63, 3.8) is 0 Å². The molecule has 0 aliphatic heterocycles. The minimum Gasteiger partial charge on any atom is -0.274 e. The number of hydrogen-bond donors (Lipinski definition) is 1. The van der Waals surface area contributed by atoms with Gasteiger partial charge in [0.1, 0.15) is 0 Å². The zero-order valence-corrected chi connectivity index (χ0v) is 8.45. The fourth-order valence-corrected chi connectivity index (χ4v) is 1.12. The minimum absolute atomic E-state index is 0.146. The van der Waals surface area contributed by atoms with Crippen LogP contribution in [0, 0.1) is 0 Å². The fourth-order valence-electron chi connectivity index (χ4n) is 1.12. The molecule has 1 amide bonds. The van der Waals surface area contributed by atoms with E-state index in [1.165, 1.54) is 6.92 Å². The predicted molar refractivity (Wildman–Crippen MR) is 57.1 cm³/mol. The van der Waals surface area contributed by atoms with E-state index in [-0.39, 0.29) is 5.91 Å². The molecule has 0 bridgehead atoms. The summed E-state index contributed by atoms with van der Waals surface area (Å²) in [5.74, 6) is -0.146. The first-order chi connectivity index (χ1) is 6.74. The van der Waals surface area contributed by atoms with E-state index in [0.717, 1.165) is 17.7 Å². The lowest BCUT2D eigenvalue weighted by Crippen LogP contribution is -2.16. The summed E-state index contributed by atoms with van der Waals surface area (Å²) in [6.45, 7) is 3.45. The van der Waals surface area contributed by atoms with Crippen LogP contribution in [0.3, 0.4) is 0 Å². The topological polar surface area (TPSA) is 41.5 Å². The molecule has 3 nitrogen and oxygen atoms in total. The quantitative estimate of drug-likeness (QED) is 0.574. The Morgan fingerprint density at radius 2 is 2.00 bits per heavy atom. The molecular weight excluding hydrogens is 176 g/mol. The molecule has 74 valence electrons. The minimum atomic E-state index is -0.146. The van der Waals surface area contributed by atoms with E-state index in [0.29, 0.717) is 0 Å². The van der Waals surface area contributed by atoms with Gasteiger partial charge in [0, 0.05) is 6.92 Å². The van der Waals surface area contributed by atoms with Crippen LogP contribution >= 0.6 is 0 Å². The van der Waals surface area contributed by atoms with Crippen LogP contribution in [0.5, 0.6) is 0 Å². The molecule has 0 unspecified atom stereocenters. The summed E-state index contributed by atoms with van der Waals surface area (Å²) in [6, 6.07) is 9.81. The van der Waals surface area contributed by atoms with Crippen molar-refractivity contribution in [1.82, 2.24) is 5.43 Å². The van der Waals surface area contributed by atoms with E-state index in [4.69, 9.17) is 0 Å². The van der Waals surface area contributed by atoms with Crippen molar-refractivity contribution in [1.29, 1.82) is 0 Å². The predicted octanol–water partition coefficient (Wildman–Crippen LogP) is 1.94. The third-order valence-electron chi connectivity index (χ3n) is 1.79. The second kappa shape index (κ2) is 5.17. The van der Waals surface area contributed by atoms with E-state index >= 15 is 0 Å². The summed E-state index contributed by atoms with van der Waals surface area (Å²) >= 11 is 0. The molecule has 0 saturated heterocycles. The van der Waals surface area contributed by atoms with Gasteiger partial charge in [-0.3, -0.25) is 4.79 Å². The number of hydrogen-bond acceptors (Lipinski definition) is 2. The molecule has 0 atom stereocenters. The largest absolute Gasteiger partial charge is 0.274 e. The number of amides is 1. The lowest BCUT2D eigenvalue weighted by atomic mass is 10.1. The first kappa shape index (κ1) is 10.4. The smallest absolute Gasteiger partial charge is 0.236 e. The molecule has 0 aliphatic rings. The van der Waals surface area contributed by atoms with E-state index in [1.54, 1.807) is 0 Å². The Labute approximate surface area is 83.8 Å². The molecule has 0 aliphatic carbocycles. The highest BCUT2D eigenvalue weighted by atomic mass is 16.2. The van der Waals surface area contributed by atoms with Gasteiger partial charge in [-0.25, -0.2) is 5.43 Å². The summed E-state index contributed by atoms with van der Waals surface area (Å²) in [5, 5.41) is 4.03. The van der Waals surface area contributed by atoms with E-state index in [1.807, 2.05) is 37.3 Å². The molecule has 0 saturated carbocycles. The first-order valence-electron chi connectivity index (χ1n) is 4.62. The number of nitrogens with zero attached hydrogens (tertiary/aromatic N) is 1. The highest BCUT2D eigenvalue weighted by molar-refractivity contribution is 6.00. The number of benzene rings is 1. The molecule has 1 rings (SSSR count). The van der Waals surface area contributed by atoms with Gasteiger partial charge in [0.15, 0.2) is 0 Å². The molecule has 0 aromatic heterocycles. The standard InChI is InChI=1S/C11H14N2O/c1-3-11(13-12-9(2)14)10-7-5-4-6-8-10/h4-8H,3H2,1-2H3,(H,12,14). The van der Waals surface area contributed by atoms with Gasteiger partial charge in [0.25, 0.3) is 0 Å². The van der Waals surface area contributed by atoms with Gasteiger partial charge in [-0.05, 0) is 12.0 Å². The summed E-state index contributed by atoms with van der Waals surface area (Å²) in [6.07, 6.45) is 0.796. The second-order valence-corrected chi connectivity index (χ2v) is 2.95. The van der Waals surface area contributed by atoms with E-state index < -0.39 is 0 Å². The Kier molecular flexibility index (Phi) is 3.85. The first-order valence-corrected chi connectivity index (χ1v) is 4.62. The lowest BCUT2D eigenvalue weighted by molar-refractivity contribution is -0.118. The van der Waals surface area contributed by atoms with Crippen LogP contribution < -0.4 is 5.43 Å². The fraction of sp³-hybridized carbons (Fsp3) is 0.273. The van der Waals surface area contributed by atoms with Crippen molar-refractivity contribution in [2.45, 2.75) is 20.3 Å². The molecule has 14 heavy (non-hydrogen) atoms. The molecule has 0 radical (unpaired) electrons. The molecule has 1 aromatic carbocycles. The highest BCUT2D eigenvalue weighted by Crippen LogP contribution is 2.03. The average Bonchev–Trinajstić information content (AvgIpc) is 2.20. The number of rotatable bonds is 3. The van der Waals surface area contributed by atoms with Gasteiger partial charge >= 0.3 is 0 Å². The maximum absolute atomic E-state index is 10.7. The maximum Gasteiger partial charge on any atom is 0.236 e. The van der Waals surface area contributed by atoms with Crippen molar-refractivity contribution in [3.05, 3.63) is 35.9 Å². The summed E-state index contributed by atoms with van der Waals surface area (Å²) in [7, 11) is 0. The Bertz CT molecular complexity index is 330. The number of nitrogens with one attached hydrogen (secondary N) is 1. The molecule has 0 spiro atoms. The summed E-state index contributed by atoms with van der Waals surface area (Å²) in [4.78, 5) is 10.7. The monoisotopic (exact) mass is 190 g/mol. The molecule has 0 heterocycles.